The molecule has 0 aromatic heterocycles. The summed E-state index contributed by atoms with van der Waals surface area (Å²) >= 11 is 5.91. The number of nitrogens with zero attached hydrogens (tertiary/aromatic N) is 1. The van der Waals surface area contributed by atoms with Gasteiger partial charge in [0.05, 0.1) is 6.54 Å². The summed E-state index contributed by atoms with van der Waals surface area (Å²) < 4.78 is 5.32. The number of primary amides is 1. The summed E-state index contributed by atoms with van der Waals surface area (Å²) in [5, 5.41) is 7.29. The maximum atomic E-state index is 10.8. The van der Waals surface area contributed by atoms with Crippen molar-refractivity contribution in [1.29, 1.82) is 0 Å². The average molecular weight is 389 g/mol. The molecule has 0 saturated heterocycles. The first-order valence-electron chi connectivity index (χ1n) is 8.83. The molecule has 27 heavy (non-hydrogen) atoms. The van der Waals surface area contributed by atoms with E-state index in [2.05, 4.69) is 15.6 Å². The van der Waals surface area contributed by atoms with E-state index in [1.165, 1.54) is 5.56 Å². The van der Waals surface area contributed by atoms with E-state index in [9.17, 15) is 4.79 Å². The van der Waals surface area contributed by atoms with Crippen LogP contribution < -0.4 is 21.1 Å². The maximum Gasteiger partial charge on any atom is 0.255 e. The number of nitrogens with one attached hydrogen (secondary N) is 2. The Labute approximate surface area is 164 Å². The van der Waals surface area contributed by atoms with Crippen LogP contribution in [0, 0.1) is 0 Å². The normalized spacial score (nSPS) is 11.1. The summed E-state index contributed by atoms with van der Waals surface area (Å²) in [6.07, 6.45) is 0.873. The van der Waals surface area contributed by atoms with Crippen LogP contribution >= 0.6 is 11.6 Å². The molecule has 1 amide bonds. The van der Waals surface area contributed by atoms with Gasteiger partial charge in [0.1, 0.15) is 5.75 Å². The lowest BCUT2D eigenvalue weighted by atomic mass is 10.1. The minimum absolute atomic E-state index is 0.137. The van der Waals surface area contributed by atoms with Crippen molar-refractivity contribution in [2.45, 2.75) is 19.9 Å². The third-order valence-corrected chi connectivity index (χ3v) is 3.91. The Balaban J connectivity index is 1.89. The van der Waals surface area contributed by atoms with Crippen molar-refractivity contribution >= 4 is 23.5 Å². The summed E-state index contributed by atoms with van der Waals surface area (Å²) in [4.78, 5) is 15.4. The van der Waals surface area contributed by atoms with Gasteiger partial charge in [-0.05, 0) is 48.7 Å². The molecule has 0 spiro atoms. The van der Waals surface area contributed by atoms with Crippen molar-refractivity contribution in [2.75, 3.05) is 19.7 Å². The van der Waals surface area contributed by atoms with Crippen LogP contribution in [0.4, 0.5) is 0 Å². The van der Waals surface area contributed by atoms with Crippen LogP contribution in [-0.2, 0) is 17.8 Å². The molecule has 4 N–H and O–H groups in total. The highest BCUT2D eigenvalue weighted by atomic mass is 35.5. The molecular formula is C20H25ClN4O2. The fraction of sp³-hybridized carbons (Fsp3) is 0.300. The Kier molecular flexibility index (Phi) is 8.45. The number of hydrogen-bond donors (Lipinski definition) is 3. The van der Waals surface area contributed by atoms with Crippen molar-refractivity contribution in [3.8, 4) is 5.75 Å². The molecule has 2 rings (SSSR count). The number of halogens is 1. The van der Waals surface area contributed by atoms with Crippen molar-refractivity contribution in [1.82, 2.24) is 10.6 Å². The zero-order valence-corrected chi connectivity index (χ0v) is 16.1. The SMILES string of the molecule is CCNC(=NCc1cccc(OCC(N)=O)c1)NCCc1ccc(Cl)cc1. The molecule has 0 atom stereocenters. The topological polar surface area (TPSA) is 88.7 Å². The summed E-state index contributed by atoms with van der Waals surface area (Å²) in [7, 11) is 0. The molecule has 0 saturated carbocycles. The van der Waals surface area contributed by atoms with Crippen LogP contribution in [0.15, 0.2) is 53.5 Å². The van der Waals surface area contributed by atoms with Gasteiger partial charge < -0.3 is 21.1 Å². The van der Waals surface area contributed by atoms with E-state index in [1.807, 2.05) is 49.4 Å². The van der Waals surface area contributed by atoms with Crippen LogP contribution in [0.5, 0.6) is 5.75 Å². The van der Waals surface area contributed by atoms with Crippen molar-refractivity contribution < 1.29 is 9.53 Å². The van der Waals surface area contributed by atoms with Crippen LogP contribution in [0.3, 0.4) is 0 Å². The third kappa shape index (κ3) is 8.00. The Morgan fingerprint density at radius 2 is 1.93 bits per heavy atom. The fourth-order valence-corrected chi connectivity index (χ4v) is 2.50. The number of guanidine groups is 1. The van der Waals surface area contributed by atoms with Crippen LogP contribution in [-0.4, -0.2) is 31.6 Å². The second kappa shape index (κ2) is 11.1. The molecule has 0 heterocycles. The van der Waals surface area contributed by atoms with Gasteiger partial charge in [0.15, 0.2) is 12.6 Å². The molecular weight excluding hydrogens is 364 g/mol. The van der Waals surface area contributed by atoms with E-state index >= 15 is 0 Å². The van der Waals surface area contributed by atoms with Gasteiger partial charge in [0.25, 0.3) is 5.91 Å². The van der Waals surface area contributed by atoms with Gasteiger partial charge in [-0.15, -0.1) is 0 Å². The van der Waals surface area contributed by atoms with Crippen LogP contribution in [0.1, 0.15) is 18.1 Å². The maximum absolute atomic E-state index is 10.8. The third-order valence-electron chi connectivity index (χ3n) is 3.66. The predicted molar refractivity (Wildman–Crippen MR) is 109 cm³/mol. The summed E-state index contributed by atoms with van der Waals surface area (Å²) in [5.41, 5.74) is 7.29. The zero-order valence-electron chi connectivity index (χ0n) is 15.4. The number of hydrogen-bond acceptors (Lipinski definition) is 3. The quantitative estimate of drug-likeness (QED) is 0.455. The van der Waals surface area contributed by atoms with Gasteiger partial charge in [-0.25, -0.2) is 4.99 Å². The smallest absolute Gasteiger partial charge is 0.255 e. The van der Waals surface area contributed by atoms with Crippen LogP contribution in [0.25, 0.3) is 0 Å². The van der Waals surface area contributed by atoms with E-state index in [1.54, 1.807) is 6.07 Å². The molecule has 2 aromatic carbocycles. The highest BCUT2D eigenvalue weighted by Crippen LogP contribution is 2.14. The monoisotopic (exact) mass is 388 g/mol. The van der Waals surface area contributed by atoms with E-state index < -0.39 is 5.91 Å². The second-order valence-electron chi connectivity index (χ2n) is 5.90. The lowest BCUT2D eigenvalue weighted by Crippen LogP contribution is -2.38. The highest BCUT2D eigenvalue weighted by Gasteiger charge is 2.01. The number of carbonyl (C=O) groups is 1. The first-order valence-corrected chi connectivity index (χ1v) is 9.21. The van der Waals surface area contributed by atoms with Crippen molar-refractivity contribution in [3.05, 3.63) is 64.7 Å². The minimum atomic E-state index is -0.502. The van der Waals surface area contributed by atoms with Crippen molar-refractivity contribution in [3.63, 3.8) is 0 Å². The Hall–Kier alpha value is -2.73. The number of rotatable bonds is 9. The molecule has 0 aliphatic rings. The van der Waals surface area contributed by atoms with Gasteiger partial charge in [-0.2, -0.15) is 0 Å². The zero-order chi connectivity index (χ0) is 19.5. The summed E-state index contributed by atoms with van der Waals surface area (Å²) in [5.74, 6) is 0.842. The fourth-order valence-electron chi connectivity index (χ4n) is 2.38. The minimum Gasteiger partial charge on any atom is -0.484 e. The molecule has 0 fully saturated rings. The average Bonchev–Trinajstić information content (AvgIpc) is 2.66. The summed E-state index contributed by atoms with van der Waals surface area (Å²) in [6.45, 7) is 3.91. The molecule has 0 bridgehead atoms. The molecule has 144 valence electrons. The van der Waals surface area contributed by atoms with Gasteiger partial charge in [-0.3, -0.25) is 4.79 Å². The number of amides is 1. The van der Waals surface area contributed by atoms with E-state index in [4.69, 9.17) is 22.1 Å². The van der Waals surface area contributed by atoms with Gasteiger partial charge in [0, 0.05) is 18.1 Å². The van der Waals surface area contributed by atoms with Crippen molar-refractivity contribution in [2.24, 2.45) is 10.7 Å². The van der Waals surface area contributed by atoms with E-state index in [-0.39, 0.29) is 6.61 Å². The largest absolute Gasteiger partial charge is 0.484 e. The first-order chi connectivity index (χ1) is 13.1. The Bertz CT molecular complexity index is 763. The highest BCUT2D eigenvalue weighted by molar-refractivity contribution is 6.30. The molecule has 0 aliphatic heterocycles. The number of nitrogens with two attached hydrogens (primary N) is 1. The number of ether oxygens (including phenoxy) is 1. The molecule has 7 heteroatoms. The Morgan fingerprint density at radius 3 is 2.63 bits per heavy atom. The molecule has 0 unspecified atom stereocenters. The second-order valence-corrected chi connectivity index (χ2v) is 6.34. The van der Waals surface area contributed by atoms with Gasteiger partial charge >= 0.3 is 0 Å². The number of carbonyl (C=O) groups excluding carboxylic acids is 1. The lowest BCUT2D eigenvalue weighted by molar-refractivity contribution is -0.119. The lowest BCUT2D eigenvalue weighted by Gasteiger charge is -2.12. The number of aliphatic imine (C=N–C) groups is 1. The molecule has 6 nitrogen and oxygen atoms in total. The molecule has 0 radical (unpaired) electrons. The van der Waals surface area contributed by atoms with E-state index in [0.717, 1.165) is 36.1 Å². The van der Waals surface area contributed by atoms with Gasteiger partial charge in [-0.1, -0.05) is 35.9 Å². The molecule has 0 aliphatic carbocycles. The van der Waals surface area contributed by atoms with Gasteiger partial charge in [0.2, 0.25) is 0 Å². The van der Waals surface area contributed by atoms with E-state index in [0.29, 0.717) is 12.3 Å². The molecule has 2 aromatic rings. The summed E-state index contributed by atoms with van der Waals surface area (Å²) in [6, 6.07) is 15.3. The first kappa shape index (κ1) is 20.6. The predicted octanol–water partition coefficient (Wildman–Crippen LogP) is 2.50. The Morgan fingerprint density at radius 1 is 1.15 bits per heavy atom. The van der Waals surface area contributed by atoms with Crippen LogP contribution in [0.2, 0.25) is 5.02 Å². The number of benzene rings is 2. The standard InChI is InChI=1S/C20H25ClN4O2/c1-2-23-20(24-11-10-15-6-8-17(21)9-7-15)25-13-16-4-3-5-18(12-16)27-14-19(22)26/h3-9,12H,2,10-11,13-14H2,1H3,(H2,22,26)(H2,23,24,25).